The summed E-state index contributed by atoms with van der Waals surface area (Å²) in [5.41, 5.74) is 4.19. The van der Waals surface area contributed by atoms with E-state index in [1.807, 2.05) is 51.1 Å². The van der Waals surface area contributed by atoms with Gasteiger partial charge in [-0.15, -0.1) is 11.6 Å². The fourth-order valence-electron chi connectivity index (χ4n) is 1.79. The Balaban J connectivity index is 2.36. The highest BCUT2D eigenvalue weighted by Crippen LogP contribution is 2.27. The van der Waals surface area contributed by atoms with Crippen molar-refractivity contribution in [2.24, 2.45) is 0 Å². The Kier molecular flexibility index (Phi) is 3.87. The van der Waals surface area contributed by atoms with Crippen LogP contribution in [-0.4, -0.2) is 4.98 Å². The van der Waals surface area contributed by atoms with E-state index in [0.29, 0.717) is 11.8 Å². The minimum atomic E-state index is 0.403. The van der Waals surface area contributed by atoms with Gasteiger partial charge in [0.05, 0.1) is 5.88 Å². The van der Waals surface area contributed by atoms with Crippen molar-refractivity contribution in [1.29, 1.82) is 0 Å². The van der Waals surface area contributed by atoms with Crippen LogP contribution in [0.2, 0.25) is 0 Å². The second-order valence-corrected chi connectivity index (χ2v) is 4.68. The first-order valence-electron chi connectivity index (χ1n) is 5.87. The molecule has 0 N–H and O–H groups in total. The fourth-order valence-corrected chi connectivity index (χ4v) is 2.12. The molecule has 94 valence electrons. The average molecular weight is 262 g/mol. The molecule has 1 aromatic carbocycles. The highest BCUT2D eigenvalue weighted by molar-refractivity contribution is 6.17. The van der Waals surface area contributed by atoms with Gasteiger partial charge in [0.2, 0.25) is 5.88 Å². The summed E-state index contributed by atoms with van der Waals surface area (Å²) in [6.45, 7) is 6.02. The van der Waals surface area contributed by atoms with Crippen LogP contribution in [0.5, 0.6) is 11.6 Å². The smallest absolute Gasteiger partial charge is 0.224 e. The molecule has 3 heteroatoms. The molecule has 0 fully saturated rings. The minimum absolute atomic E-state index is 0.403. The van der Waals surface area contributed by atoms with Gasteiger partial charge < -0.3 is 4.74 Å². The highest BCUT2D eigenvalue weighted by atomic mass is 35.5. The molecule has 2 aromatic rings. The molecule has 0 unspecified atom stereocenters. The van der Waals surface area contributed by atoms with Gasteiger partial charge in [-0.1, -0.05) is 17.7 Å². The van der Waals surface area contributed by atoms with Crippen LogP contribution in [0.1, 0.15) is 22.4 Å². The molecule has 0 aliphatic heterocycles. The van der Waals surface area contributed by atoms with Crippen LogP contribution in [0.15, 0.2) is 30.3 Å². The number of benzene rings is 1. The van der Waals surface area contributed by atoms with Crippen LogP contribution >= 0.6 is 11.6 Å². The van der Waals surface area contributed by atoms with Crippen molar-refractivity contribution in [3.8, 4) is 11.6 Å². The van der Waals surface area contributed by atoms with Crippen LogP contribution in [0.4, 0.5) is 0 Å². The lowest BCUT2D eigenvalue weighted by molar-refractivity contribution is 0.456. The summed E-state index contributed by atoms with van der Waals surface area (Å²) in [5, 5.41) is 0. The van der Waals surface area contributed by atoms with Gasteiger partial charge in [0, 0.05) is 11.3 Å². The summed E-state index contributed by atoms with van der Waals surface area (Å²) in [6, 6.07) is 9.91. The van der Waals surface area contributed by atoms with Crippen LogP contribution in [-0.2, 0) is 5.88 Å². The number of ether oxygens (including phenoxy) is 1. The zero-order chi connectivity index (χ0) is 13.1. The number of halogens is 1. The molecule has 18 heavy (non-hydrogen) atoms. The van der Waals surface area contributed by atoms with E-state index in [4.69, 9.17) is 16.3 Å². The quantitative estimate of drug-likeness (QED) is 0.757. The number of nitrogens with zero attached hydrogens (tertiary/aromatic N) is 1. The molecule has 0 saturated carbocycles. The number of aryl methyl sites for hydroxylation is 3. The van der Waals surface area contributed by atoms with Crippen molar-refractivity contribution in [1.82, 2.24) is 4.98 Å². The Hall–Kier alpha value is -1.54. The minimum Gasteiger partial charge on any atom is -0.439 e. The monoisotopic (exact) mass is 261 g/mol. The molecule has 1 aromatic heterocycles. The van der Waals surface area contributed by atoms with Crippen molar-refractivity contribution in [3.05, 3.63) is 52.7 Å². The number of pyridine rings is 1. The first kappa shape index (κ1) is 12.9. The SMILES string of the molecule is Cc1ccc(Oc2nc(C)cc(C)c2CCl)cc1. The molecule has 2 nitrogen and oxygen atoms in total. The van der Waals surface area contributed by atoms with Gasteiger partial charge in [0.25, 0.3) is 0 Å². The summed E-state index contributed by atoms with van der Waals surface area (Å²) in [4.78, 5) is 4.42. The summed E-state index contributed by atoms with van der Waals surface area (Å²) in [6.07, 6.45) is 0. The second-order valence-electron chi connectivity index (χ2n) is 4.41. The van der Waals surface area contributed by atoms with Gasteiger partial charge in [0.1, 0.15) is 5.75 Å². The summed E-state index contributed by atoms with van der Waals surface area (Å²) in [5.74, 6) is 1.79. The molecule has 0 bridgehead atoms. The van der Waals surface area contributed by atoms with Crippen LogP contribution in [0.3, 0.4) is 0 Å². The lowest BCUT2D eigenvalue weighted by Gasteiger charge is -2.12. The summed E-state index contributed by atoms with van der Waals surface area (Å²) < 4.78 is 5.82. The maximum absolute atomic E-state index is 5.96. The normalized spacial score (nSPS) is 10.4. The molecule has 0 spiro atoms. The molecular weight excluding hydrogens is 246 g/mol. The van der Waals surface area contributed by atoms with E-state index in [0.717, 1.165) is 22.6 Å². The Morgan fingerprint density at radius 2 is 1.78 bits per heavy atom. The average Bonchev–Trinajstić information content (AvgIpc) is 2.32. The first-order chi connectivity index (χ1) is 8.60. The number of rotatable bonds is 3. The van der Waals surface area contributed by atoms with Crippen molar-refractivity contribution in [2.45, 2.75) is 26.7 Å². The predicted octanol–water partition coefficient (Wildman–Crippen LogP) is 4.54. The van der Waals surface area contributed by atoms with E-state index >= 15 is 0 Å². The molecule has 1 heterocycles. The van der Waals surface area contributed by atoms with Crippen molar-refractivity contribution in [2.75, 3.05) is 0 Å². The van der Waals surface area contributed by atoms with Crippen molar-refractivity contribution >= 4 is 11.6 Å². The molecule has 0 radical (unpaired) electrons. The lowest BCUT2D eigenvalue weighted by Crippen LogP contribution is -1.98. The van der Waals surface area contributed by atoms with E-state index in [-0.39, 0.29) is 0 Å². The zero-order valence-corrected chi connectivity index (χ0v) is 11.6. The van der Waals surface area contributed by atoms with Gasteiger partial charge >= 0.3 is 0 Å². The molecule has 0 saturated heterocycles. The molecule has 0 atom stereocenters. The summed E-state index contributed by atoms with van der Waals surface area (Å²) >= 11 is 5.96. The maximum Gasteiger partial charge on any atom is 0.224 e. The van der Waals surface area contributed by atoms with E-state index in [1.54, 1.807) is 0 Å². The number of alkyl halides is 1. The Bertz CT molecular complexity index is 549. The molecule has 0 aliphatic rings. The highest BCUT2D eigenvalue weighted by Gasteiger charge is 2.10. The maximum atomic E-state index is 5.96. The van der Waals surface area contributed by atoms with Gasteiger partial charge in [-0.3, -0.25) is 0 Å². The van der Waals surface area contributed by atoms with E-state index in [9.17, 15) is 0 Å². The van der Waals surface area contributed by atoms with Crippen LogP contribution in [0, 0.1) is 20.8 Å². The number of hydrogen-bond donors (Lipinski definition) is 0. The standard InChI is InChI=1S/C15H16ClNO/c1-10-4-6-13(7-5-10)18-15-14(9-16)11(2)8-12(3)17-15/h4-8H,9H2,1-3H3. The largest absolute Gasteiger partial charge is 0.439 e. The fraction of sp³-hybridized carbons (Fsp3) is 0.267. The van der Waals surface area contributed by atoms with Crippen LogP contribution in [0.25, 0.3) is 0 Å². The number of aromatic nitrogens is 1. The molecule has 0 aliphatic carbocycles. The van der Waals surface area contributed by atoms with Gasteiger partial charge in [-0.25, -0.2) is 4.98 Å². The second kappa shape index (κ2) is 5.40. The van der Waals surface area contributed by atoms with E-state index < -0.39 is 0 Å². The van der Waals surface area contributed by atoms with Crippen LogP contribution < -0.4 is 4.74 Å². The molecule has 2 rings (SSSR count). The number of hydrogen-bond acceptors (Lipinski definition) is 2. The predicted molar refractivity (Wildman–Crippen MR) is 74.5 cm³/mol. The topological polar surface area (TPSA) is 22.1 Å². The van der Waals surface area contributed by atoms with Gasteiger partial charge in [0.15, 0.2) is 0 Å². The Morgan fingerprint density at radius 1 is 1.11 bits per heavy atom. The Morgan fingerprint density at radius 3 is 2.39 bits per heavy atom. The molecule has 0 amide bonds. The van der Waals surface area contributed by atoms with E-state index in [1.165, 1.54) is 5.56 Å². The van der Waals surface area contributed by atoms with Gasteiger partial charge in [-0.2, -0.15) is 0 Å². The molecular formula is C15H16ClNO. The Labute approximate surface area is 113 Å². The van der Waals surface area contributed by atoms with E-state index in [2.05, 4.69) is 4.98 Å². The zero-order valence-electron chi connectivity index (χ0n) is 10.8. The van der Waals surface area contributed by atoms with Crippen molar-refractivity contribution < 1.29 is 4.74 Å². The first-order valence-corrected chi connectivity index (χ1v) is 6.41. The van der Waals surface area contributed by atoms with Crippen molar-refractivity contribution in [3.63, 3.8) is 0 Å². The third-order valence-electron chi connectivity index (χ3n) is 2.81. The van der Waals surface area contributed by atoms with Gasteiger partial charge in [-0.05, 0) is 44.5 Å². The third kappa shape index (κ3) is 2.82. The third-order valence-corrected chi connectivity index (χ3v) is 3.07. The lowest BCUT2D eigenvalue weighted by atomic mass is 10.1. The summed E-state index contributed by atoms with van der Waals surface area (Å²) in [7, 11) is 0.